The van der Waals surface area contributed by atoms with Crippen LogP contribution in [-0.2, 0) is 4.79 Å². The number of ether oxygens (including phenoxy) is 1. The first-order valence-corrected chi connectivity index (χ1v) is 15.2. The van der Waals surface area contributed by atoms with E-state index in [1.807, 2.05) is 56.0 Å². The summed E-state index contributed by atoms with van der Waals surface area (Å²) in [7, 11) is 4.01. The van der Waals surface area contributed by atoms with Gasteiger partial charge in [0.05, 0.1) is 12.9 Å². The molecular formula is C34H40N9O2+. The van der Waals surface area contributed by atoms with Crippen LogP contribution in [0, 0.1) is 12.8 Å². The van der Waals surface area contributed by atoms with E-state index < -0.39 is 0 Å². The molecule has 2 aliphatic rings. The van der Waals surface area contributed by atoms with Crippen LogP contribution in [0.1, 0.15) is 29.9 Å². The van der Waals surface area contributed by atoms with Gasteiger partial charge in [-0.3, -0.25) is 0 Å². The summed E-state index contributed by atoms with van der Waals surface area (Å²) in [6.07, 6.45) is 14.0. The van der Waals surface area contributed by atoms with Crippen molar-refractivity contribution >= 4 is 35.1 Å². The topological polar surface area (TPSA) is 123 Å². The van der Waals surface area contributed by atoms with Crippen LogP contribution in [0.4, 0.5) is 17.3 Å². The molecule has 11 nitrogen and oxygen atoms in total. The number of fused-ring (bicyclic) bond motifs is 2. The zero-order valence-corrected chi connectivity index (χ0v) is 26.0. The van der Waals surface area contributed by atoms with Crippen molar-refractivity contribution in [2.24, 2.45) is 16.6 Å². The second-order valence-electron chi connectivity index (χ2n) is 12.1. The first-order chi connectivity index (χ1) is 21.8. The summed E-state index contributed by atoms with van der Waals surface area (Å²) in [5.41, 5.74) is 9.37. The number of carbonyl (C=O) groups excluding carboxylic acids is 1. The molecule has 0 spiro atoms. The molecule has 3 N–H and O–H groups in total. The number of nitrogens with two attached hydrogens (primary N) is 1. The summed E-state index contributed by atoms with van der Waals surface area (Å²) in [5.74, 6) is 3.26. The van der Waals surface area contributed by atoms with E-state index in [-0.39, 0.29) is 17.7 Å². The lowest BCUT2D eigenvalue weighted by molar-refractivity contribution is -0.732. The molecule has 45 heavy (non-hydrogen) atoms. The SMILES string of the molecule is C=CC1C[C@@H](c2ccn3ncnc(Nc4ccc(Oc5ccnc(N=CN)c5)c(C)c4)c23)CC[N+]2(C(=O)/C=C/CN(C)C)CC12. The van der Waals surface area contributed by atoms with Crippen LogP contribution in [0.25, 0.3) is 5.52 Å². The van der Waals surface area contributed by atoms with E-state index in [9.17, 15) is 4.79 Å². The van der Waals surface area contributed by atoms with Crippen molar-refractivity contribution in [1.29, 1.82) is 0 Å². The summed E-state index contributed by atoms with van der Waals surface area (Å²) in [6, 6.07) is 11.9. The average Bonchev–Trinajstić information content (AvgIpc) is 3.64. The van der Waals surface area contributed by atoms with Crippen molar-refractivity contribution in [2.75, 3.05) is 39.0 Å². The van der Waals surface area contributed by atoms with E-state index in [0.717, 1.165) is 60.8 Å². The van der Waals surface area contributed by atoms with Crippen molar-refractivity contribution in [3.05, 3.63) is 91.1 Å². The molecule has 3 unspecified atom stereocenters. The Bertz CT molecular complexity index is 1780. The molecule has 4 atom stereocenters. The molecule has 232 valence electrons. The predicted molar refractivity (Wildman–Crippen MR) is 176 cm³/mol. The fraction of sp³-hybridized carbons (Fsp3) is 0.324. The average molecular weight is 607 g/mol. The van der Waals surface area contributed by atoms with Crippen LogP contribution in [0.3, 0.4) is 0 Å². The van der Waals surface area contributed by atoms with Gasteiger partial charge in [-0.1, -0.05) is 12.2 Å². The van der Waals surface area contributed by atoms with Gasteiger partial charge < -0.3 is 20.7 Å². The molecule has 1 amide bonds. The zero-order valence-electron chi connectivity index (χ0n) is 26.0. The van der Waals surface area contributed by atoms with Gasteiger partial charge in [0, 0.05) is 49.1 Å². The third-order valence-electron chi connectivity index (χ3n) is 8.93. The van der Waals surface area contributed by atoms with Gasteiger partial charge >= 0.3 is 5.91 Å². The van der Waals surface area contributed by atoms with Crippen LogP contribution >= 0.6 is 0 Å². The number of aryl methyl sites for hydroxylation is 1. The van der Waals surface area contributed by atoms with Crippen LogP contribution in [-0.4, -0.2) is 81.0 Å². The van der Waals surface area contributed by atoms with Crippen molar-refractivity contribution in [3.8, 4) is 11.5 Å². The summed E-state index contributed by atoms with van der Waals surface area (Å²) in [4.78, 5) is 28.3. The largest absolute Gasteiger partial charge is 0.457 e. The van der Waals surface area contributed by atoms with Gasteiger partial charge in [0.2, 0.25) is 0 Å². The van der Waals surface area contributed by atoms with E-state index in [1.165, 1.54) is 11.9 Å². The number of quaternary nitrogens is 1. The molecule has 1 aromatic carbocycles. The number of pyridine rings is 1. The fourth-order valence-corrected chi connectivity index (χ4v) is 6.56. The number of hydrogen-bond donors (Lipinski definition) is 2. The minimum absolute atomic E-state index is 0.206. The Morgan fingerprint density at radius 3 is 2.91 bits per heavy atom. The van der Waals surface area contributed by atoms with Crippen LogP contribution in [0.15, 0.2) is 84.9 Å². The highest BCUT2D eigenvalue weighted by Crippen LogP contribution is 2.48. The molecule has 3 aromatic heterocycles. The number of likely N-dealkylation sites (N-methyl/N-ethyl adjacent to an activating group) is 1. The molecule has 2 aliphatic heterocycles. The van der Waals surface area contributed by atoms with Gasteiger partial charge in [-0.15, -0.1) is 6.58 Å². The van der Waals surface area contributed by atoms with E-state index in [4.69, 9.17) is 10.5 Å². The molecule has 4 aromatic rings. The Hall–Kier alpha value is -4.87. The maximum absolute atomic E-state index is 13.4. The second-order valence-corrected chi connectivity index (χ2v) is 12.1. The van der Waals surface area contributed by atoms with Crippen molar-refractivity contribution in [3.63, 3.8) is 0 Å². The first-order valence-electron chi connectivity index (χ1n) is 15.2. The highest BCUT2D eigenvalue weighted by atomic mass is 16.5. The summed E-state index contributed by atoms with van der Waals surface area (Å²) >= 11 is 0. The van der Waals surface area contributed by atoms with Crippen LogP contribution < -0.4 is 15.8 Å². The minimum Gasteiger partial charge on any atom is -0.457 e. The standard InChI is InChI=1S/C34H40N9O2/c1-5-24-18-25(12-16-43(20-29(24)43)32(44)7-6-14-41(3)4)28-11-15-42-33(28)34(38-22-39-42)40-26-8-9-30(23(2)17-26)45-27-10-13-36-31(19-27)37-21-35/h5-11,13,15,17,19,21-22,24-25,29H,1,12,14,16,18,20H2,2-4H3,(H2,35,36,37)(H,38,39,40)/q+1/b7-6+/t24?,25-,29?,43?/m0/s1. The molecule has 5 heterocycles. The highest BCUT2D eigenvalue weighted by molar-refractivity contribution is 5.83. The maximum Gasteiger partial charge on any atom is 0.338 e. The Kier molecular flexibility index (Phi) is 8.46. The fourth-order valence-electron chi connectivity index (χ4n) is 6.56. The lowest BCUT2D eigenvalue weighted by Gasteiger charge is -2.18. The zero-order chi connectivity index (χ0) is 31.6. The number of hydrogen-bond acceptors (Lipinski definition) is 8. The summed E-state index contributed by atoms with van der Waals surface area (Å²) in [6.45, 7) is 8.63. The number of nitrogens with one attached hydrogen (secondary N) is 1. The molecule has 11 heteroatoms. The van der Waals surface area contributed by atoms with Crippen molar-refractivity contribution < 1.29 is 14.0 Å². The number of aromatic nitrogens is 4. The van der Waals surface area contributed by atoms with Gasteiger partial charge in [0.25, 0.3) is 0 Å². The third kappa shape index (κ3) is 6.22. The third-order valence-corrected chi connectivity index (χ3v) is 8.93. The monoisotopic (exact) mass is 606 g/mol. The van der Waals surface area contributed by atoms with Gasteiger partial charge in [0.15, 0.2) is 17.7 Å². The molecular weight excluding hydrogens is 566 g/mol. The van der Waals surface area contributed by atoms with Gasteiger partial charge in [-0.2, -0.15) is 5.10 Å². The van der Waals surface area contributed by atoms with E-state index >= 15 is 0 Å². The number of aliphatic imine (C=N–C) groups is 1. The van der Waals surface area contributed by atoms with Gasteiger partial charge in [-0.25, -0.2) is 28.8 Å². The first kappa shape index (κ1) is 30.2. The molecule has 0 aliphatic carbocycles. The molecule has 2 saturated heterocycles. The van der Waals surface area contributed by atoms with Crippen molar-refractivity contribution in [1.82, 2.24) is 24.5 Å². The second kappa shape index (κ2) is 12.6. The lowest BCUT2D eigenvalue weighted by Crippen LogP contribution is -2.36. The smallest absolute Gasteiger partial charge is 0.338 e. The van der Waals surface area contributed by atoms with Crippen molar-refractivity contribution in [2.45, 2.75) is 31.7 Å². The highest BCUT2D eigenvalue weighted by Gasteiger charge is 2.63. The molecule has 0 radical (unpaired) electrons. The number of benzene rings is 1. The molecule has 6 rings (SSSR count). The predicted octanol–water partition coefficient (Wildman–Crippen LogP) is 5.11. The Labute approximate surface area is 263 Å². The number of amides is 1. The lowest BCUT2D eigenvalue weighted by atomic mass is 9.86. The van der Waals surface area contributed by atoms with E-state index in [1.54, 1.807) is 30.7 Å². The molecule has 2 fully saturated rings. The number of nitrogens with zero attached hydrogens (tertiary/aromatic N) is 7. The van der Waals surface area contributed by atoms with Crippen LogP contribution in [0.2, 0.25) is 0 Å². The Morgan fingerprint density at radius 1 is 1.27 bits per heavy atom. The number of rotatable bonds is 10. The van der Waals surface area contributed by atoms with E-state index in [2.05, 4.69) is 49.0 Å². The Morgan fingerprint density at radius 2 is 2.13 bits per heavy atom. The van der Waals surface area contributed by atoms with E-state index in [0.29, 0.717) is 22.1 Å². The summed E-state index contributed by atoms with van der Waals surface area (Å²) in [5, 5.41) is 8.03. The normalized spacial score (nSPS) is 22.9. The molecule has 0 saturated carbocycles. The van der Waals surface area contributed by atoms with Crippen LogP contribution in [0.5, 0.6) is 11.5 Å². The maximum atomic E-state index is 13.4. The number of anilines is 2. The van der Waals surface area contributed by atoms with Gasteiger partial charge in [-0.05, 0) is 74.8 Å². The Balaban J connectivity index is 1.23. The molecule has 0 bridgehead atoms. The summed E-state index contributed by atoms with van der Waals surface area (Å²) < 4.78 is 8.52. The quantitative estimate of drug-likeness (QED) is 0.0638. The number of carbonyl (C=O) groups is 1. The van der Waals surface area contributed by atoms with Gasteiger partial charge in [0.1, 0.15) is 29.9 Å². The minimum atomic E-state index is 0.206.